The lowest BCUT2D eigenvalue weighted by Gasteiger charge is -2.09. The predicted octanol–water partition coefficient (Wildman–Crippen LogP) is 0.916. The zero-order chi connectivity index (χ0) is 17.2. The lowest BCUT2D eigenvalue weighted by molar-refractivity contribution is -0.146. The molecule has 0 bridgehead atoms. The first-order valence-corrected chi connectivity index (χ1v) is 6.83. The Balaban J connectivity index is 2.99. The molecule has 1 rings (SSSR count). The third-order valence-corrected chi connectivity index (χ3v) is 2.45. The standard InChI is InChI=1S/C14H19N3O6/c1-5-22-13(18)9(14(19)23-6-2)7-15-10-8-16-11(20-3)12(17-10)21-4/h7-8H,5-6H2,1-4H3,(H,15,17). The molecule has 1 heterocycles. The van der Waals surface area contributed by atoms with E-state index in [0.29, 0.717) is 0 Å². The summed E-state index contributed by atoms with van der Waals surface area (Å²) in [6, 6.07) is 0. The van der Waals surface area contributed by atoms with Crippen LogP contribution in [0.25, 0.3) is 0 Å². The molecule has 0 radical (unpaired) electrons. The highest BCUT2D eigenvalue weighted by Crippen LogP contribution is 2.22. The van der Waals surface area contributed by atoms with Gasteiger partial charge in [0.15, 0.2) is 11.4 Å². The van der Waals surface area contributed by atoms with E-state index in [9.17, 15) is 9.59 Å². The molecule has 0 atom stereocenters. The van der Waals surface area contributed by atoms with E-state index in [1.807, 2.05) is 0 Å². The average Bonchev–Trinajstić information content (AvgIpc) is 2.55. The first-order valence-electron chi connectivity index (χ1n) is 6.83. The fraction of sp³-hybridized carbons (Fsp3) is 0.429. The first-order chi connectivity index (χ1) is 11.1. The van der Waals surface area contributed by atoms with Crippen molar-refractivity contribution in [3.05, 3.63) is 18.0 Å². The van der Waals surface area contributed by atoms with Gasteiger partial charge in [0.25, 0.3) is 11.8 Å². The quantitative estimate of drug-likeness (QED) is 0.323. The molecule has 0 spiro atoms. The van der Waals surface area contributed by atoms with Crippen LogP contribution >= 0.6 is 0 Å². The van der Waals surface area contributed by atoms with Crippen LogP contribution in [0.3, 0.4) is 0 Å². The Morgan fingerprint density at radius 2 is 1.65 bits per heavy atom. The molecule has 126 valence electrons. The Hall–Kier alpha value is -2.84. The lowest BCUT2D eigenvalue weighted by atomic mass is 10.3. The van der Waals surface area contributed by atoms with Gasteiger partial charge in [0, 0.05) is 6.20 Å². The summed E-state index contributed by atoms with van der Waals surface area (Å²) >= 11 is 0. The van der Waals surface area contributed by atoms with Gasteiger partial charge in [-0.1, -0.05) is 0 Å². The van der Waals surface area contributed by atoms with Crippen molar-refractivity contribution in [2.24, 2.45) is 0 Å². The summed E-state index contributed by atoms with van der Waals surface area (Å²) in [7, 11) is 2.84. The molecule has 0 aromatic carbocycles. The summed E-state index contributed by atoms with van der Waals surface area (Å²) in [6.45, 7) is 3.53. The zero-order valence-corrected chi connectivity index (χ0v) is 13.4. The molecule has 1 aromatic rings. The first kappa shape index (κ1) is 18.2. The number of carbonyl (C=O) groups is 2. The Bertz CT molecular complexity index is 568. The van der Waals surface area contributed by atoms with Gasteiger partial charge >= 0.3 is 11.9 Å². The van der Waals surface area contributed by atoms with Crippen LogP contribution in [0.2, 0.25) is 0 Å². The SMILES string of the molecule is CCOC(=O)C(=CNc1cnc(OC)c(OC)n1)C(=O)OCC. The molecule has 9 heteroatoms. The van der Waals surface area contributed by atoms with Crippen molar-refractivity contribution in [2.75, 3.05) is 32.8 Å². The van der Waals surface area contributed by atoms with Crippen LogP contribution in [0.1, 0.15) is 13.8 Å². The van der Waals surface area contributed by atoms with Crippen LogP contribution in [-0.2, 0) is 19.1 Å². The fourth-order valence-corrected chi connectivity index (χ4v) is 1.47. The molecule has 0 fully saturated rings. The number of carbonyl (C=O) groups excluding carboxylic acids is 2. The molecule has 0 unspecified atom stereocenters. The van der Waals surface area contributed by atoms with E-state index in [2.05, 4.69) is 15.3 Å². The summed E-state index contributed by atoms with van der Waals surface area (Å²) < 4.78 is 19.6. The number of anilines is 1. The van der Waals surface area contributed by atoms with Gasteiger partial charge in [-0.25, -0.2) is 14.6 Å². The molecule has 0 saturated heterocycles. The van der Waals surface area contributed by atoms with E-state index in [-0.39, 0.29) is 36.4 Å². The molecule has 23 heavy (non-hydrogen) atoms. The van der Waals surface area contributed by atoms with Crippen LogP contribution in [-0.4, -0.2) is 49.3 Å². The predicted molar refractivity (Wildman–Crippen MR) is 80.1 cm³/mol. The summed E-state index contributed by atoms with van der Waals surface area (Å²) in [5.41, 5.74) is -0.287. The second-order valence-corrected chi connectivity index (χ2v) is 3.92. The minimum Gasteiger partial charge on any atom is -0.477 e. The molecule has 9 nitrogen and oxygen atoms in total. The number of methoxy groups -OCH3 is 2. The van der Waals surface area contributed by atoms with Crippen molar-refractivity contribution in [3.63, 3.8) is 0 Å². The number of rotatable bonds is 8. The molecule has 1 N–H and O–H groups in total. The number of aromatic nitrogens is 2. The largest absolute Gasteiger partial charge is 0.477 e. The minimum absolute atomic E-state index is 0.131. The van der Waals surface area contributed by atoms with Gasteiger partial charge in [0.2, 0.25) is 0 Å². The monoisotopic (exact) mass is 325 g/mol. The van der Waals surface area contributed by atoms with E-state index in [4.69, 9.17) is 18.9 Å². The normalized spacial score (nSPS) is 9.57. The summed E-state index contributed by atoms with van der Waals surface area (Å²) in [5, 5.41) is 2.68. The third kappa shape index (κ3) is 5.13. The Morgan fingerprint density at radius 1 is 1.09 bits per heavy atom. The zero-order valence-electron chi connectivity index (χ0n) is 13.4. The smallest absolute Gasteiger partial charge is 0.347 e. The number of hydrogen-bond donors (Lipinski definition) is 1. The van der Waals surface area contributed by atoms with Crippen molar-refractivity contribution >= 4 is 17.8 Å². The van der Waals surface area contributed by atoms with Gasteiger partial charge in [-0.3, -0.25) is 0 Å². The van der Waals surface area contributed by atoms with Crippen LogP contribution in [0.5, 0.6) is 11.8 Å². The molecule has 1 aromatic heterocycles. The van der Waals surface area contributed by atoms with Gasteiger partial charge in [0.1, 0.15) is 0 Å². The van der Waals surface area contributed by atoms with E-state index in [1.165, 1.54) is 20.4 Å². The van der Waals surface area contributed by atoms with Gasteiger partial charge in [-0.2, -0.15) is 4.98 Å². The minimum atomic E-state index is -0.799. The Morgan fingerprint density at radius 3 is 2.13 bits per heavy atom. The van der Waals surface area contributed by atoms with Crippen LogP contribution < -0.4 is 14.8 Å². The highest BCUT2D eigenvalue weighted by atomic mass is 16.6. The van der Waals surface area contributed by atoms with Crippen molar-refractivity contribution < 1.29 is 28.5 Å². The number of ether oxygens (including phenoxy) is 4. The van der Waals surface area contributed by atoms with Gasteiger partial charge in [-0.15, -0.1) is 0 Å². The third-order valence-electron chi connectivity index (χ3n) is 2.45. The van der Waals surface area contributed by atoms with E-state index < -0.39 is 11.9 Å². The topological polar surface area (TPSA) is 109 Å². The number of esters is 2. The van der Waals surface area contributed by atoms with E-state index in [1.54, 1.807) is 13.8 Å². The molecule has 0 amide bonds. The Labute approximate surface area is 133 Å². The van der Waals surface area contributed by atoms with E-state index in [0.717, 1.165) is 6.20 Å². The second-order valence-electron chi connectivity index (χ2n) is 3.92. The van der Waals surface area contributed by atoms with Crippen molar-refractivity contribution in [3.8, 4) is 11.8 Å². The van der Waals surface area contributed by atoms with Crippen molar-refractivity contribution in [1.82, 2.24) is 9.97 Å². The molecular weight excluding hydrogens is 306 g/mol. The van der Waals surface area contributed by atoms with Crippen molar-refractivity contribution in [2.45, 2.75) is 13.8 Å². The lowest BCUT2D eigenvalue weighted by Crippen LogP contribution is -2.19. The number of hydrogen-bond acceptors (Lipinski definition) is 9. The van der Waals surface area contributed by atoms with Crippen LogP contribution in [0, 0.1) is 0 Å². The van der Waals surface area contributed by atoms with Gasteiger partial charge in [0.05, 0.1) is 33.6 Å². The fourth-order valence-electron chi connectivity index (χ4n) is 1.47. The Kier molecular flexibility index (Phi) is 7.31. The van der Waals surface area contributed by atoms with Gasteiger partial charge in [-0.05, 0) is 13.8 Å². The maximum absolute atomic E-state index is 11.8. The molecular formula is C14H19N3O6. The van der Waals surface area contributed by atoms with Gasteiger partial charge < -0.3 is 24.3 Å². The molecule has 0 aliphatic carbocycles. The van der Waals surface area contributed by atoms with Crippen molar-refractivity contribution in [1.29, 1.82) is 0 Å². The second kappa shape index (κ2) is 9.23. The average molecular weight is 325 g/mol. The highest BCUT2D eigenvalue weighted by Gasteiger charge is 2.21. The molecule has 0 aliphatic rings. The molecule has 0 saturated carbocycles. The summed E-state index contributed by atoms with van der Waals surface area (Å²) in [5.74, 6) is -0.995. The highest BCUT2D eigenvalue weighted by molar-refractivity contribution is 6.14. The van der Waals surface area contributed by atoms with E-state index >= 15 is 0 Å². The van der Waals surface area contributed by atoms with Crippen LogP contribution in [0.4, 0.5) is 5.82 Å². The number of nitrogens with zero attached hydrogens (tertiary/aromatic N) is 2. The maximum Gasteiger partial charge on any atom is 0.347 e. The maximum atomic E-state index is 11.8. The summed E-state index contributed by atoms with van der Waals surface area (Å²) in [4.78, 5) is 31.6. The molecule has 0 aliphatic heterocycles. The number of nitrogens with one attached hydrogen (secondary N) is 1. The van der Waals surface area contributed by atoms with Crippen LogP contribution in [0.15, 0.2) is 18.0 Å². The summed E-state index contributed by atoms with van der Waals surface area (Å²) in [6.07, 6.45) is 2.50.